The molecule has 0 saturated carbocycles. The molecule has 0 bridgehead atoms. The van der Waals surface area contributed by atoms with Crippen LogP contribution in [0.3, 0.4) is 0 Å². The van der Waals surface area contributed by atoms with Gasteiger partial charge < -0.3 is 10.1 Å². The van der Waals surface area contributed by atoms with Crippen LogP contribution in [0.5, 0.6) is 0 Å². The number of hydrogen-bond acceptors (Lipinski definition) is 2. The predicted molar refractivity (Wildman–Crippen MR) is 61.7 cm³/mol. The Morgan fingerprint density at radius 2 is 2.06 bits per heavy atom. The highest BCUT2D eigenvalue weighted by molar-refractivity contribution is 5.85. The summed E-state index contributed by atoms with van der Waals surface area (Å²) >= 11 is 0. The third-order valence-electron chi connectivity index (χ3n) is 1.62. The van der Waals surface area contributed by atoms with Crippen LogP contribution in [0.15, 0.2) is 55.1 Å². The number of aliphatic carboxylic acids is 1. The Bertz CT molecular complexity index is 404. The van der Waals surface area contributed by atoms with E-state index in [0.717, 1.165) is 11.6 Å². The van der Waals surface area contributed by atoms with Crippen LogP contribution in [0.25, 0.3) is 6.08 Å². The van der Waals surface area contributed by atoms with Gasteiger partial charge in [-0.3, -0.25) is 0 Å². The van der Waals surface area contributed by atoms with Crippen LogP contribution >= 0.6 is 0 Å². The summed E-state index contributed by atoms with van der Waals surface area (Å²) in [6.07, 6.45) is 7.76. The zero-order chi connectivity index (χ0) is 11.6. The first-order valence-electron chi connectivity index (χ1n) is 4.68. The molecule has 4 nitrogen and oxygen atoms in total. The largest absolute Gasteiger partial charge is 0.478 e. The molecule has 0 spiro atoms. The number of rotatable bonds is 2. The van der Waals surface area contributed by atoms with E-state index in [0.29, 0.717) is 0 Å². The molecule has 0 amide bonds. The minimum Gasteiger partial charge on any atom is -0.478 e. The number of aromatic nitrogens is 2. The third-order valence-corrected chi connectivity index (χ3v) is 1.62. The van der Waals surface area contributed by atoms with Crippen molar-refractivity contribution in [3.05, 3.63) is 60.7 Å². The van der Waals surface area contributed by atoms with Crippen LogP contribution in [0.1, 0.15) is 5.56 Å². The maximum atomic E-state index is 10.1. The van der Waals surface area contributed by atoms with E-state index in [9.17, 15) is 4.79 Å². The number of hydrogen-bond donors (Lipinski definition) is 2. The van der Waals surface area contributed by atoms with Crippen molar-refractivity contribution in [1.82, 2.24) is 9.97 Å². The lowest BCUT2D eigenvalue weighted by Crippen LogP contribution is -1.85. The van der Waals surface area contributed by atoms with Gasteiger partial charge in [0, 0.05) is 18.5 Å². The molecule has 0 radical (unpaired) electrons. The molecule has 2 rings (SSSR count). The average molecular weight is 216 g/mol. The lowest BCUT2D eigenvalue weighted by Gasteiger charge is -1.87. The number of H-pyrrole nitrogens is 1. The van der Waals surface area contributed by atoms with Crippen LogP contribution in [-0.4, -0.2) is 21.0 Å². The molecule has 0 aliphatic heterocycles. The van der Waals surface area contributed by atoms with E-state index in [1.165, 1.54) is 0 Å². The zero-order valence-corrected chi connectivity index (χ0v) is 8.58. The normalized spacial score (nSPS) is 9.50. The summed E-state index contributed by atoms with van der Waals surface area (Å²) in [6, 6.07) is 9.31. The SMILES string of the molecule is O=C(O)C=Cc1ccccc1.c1c[nH]cn1. The van der Waals surface area contributed by atoms with Gasteiger partial charge in [-0.1, -0.05) is 30.3 Å². The molecule has 0 atom stereocenters. The fourth-order valence-corrected chi connectivity index (χ4v) is 0.947. The summed E-state index contributed by atoms with van der Waals surface area (Å²) in [7, 11) is 0. The van der Waals surface area contributed by atoms with E-state index < -0.39 is 5.97 Å². The molecule has 1 aromatic heterocycles. The average Bonchev–Trinajstić information content (AvgIpc) is 2.86. The topological polar surface area (TPSA) is 66.0 Å². The van der Waals surface area contributed by atoms with Gasteiger partial charge in [0.05, 0.1) is 6.33 Å². The number of aromatic amines is 1. The van der Waals surface area contributed by atoms with Gasteiger partial charge in [0.25, 0.3) is 0 Å². The molecule has 0 aliphatic rings. The van der Waals surface area contributed by atoms with Gasteiger partial charge in [0.2, 0.25) is 0 Å². The number of nitrogens with one attached hydrogen (secondary N) is 1. The van der Waals surface area contributed by atoms with Crippen LogP contribution in [0, 0.1) is 0 Å². The standard InChI is InChI=1S/C9H8O2.C3H4N2/c10-9(11)7-6-8-4-2-1-3-5-8;1-2-5-3-4-1/h1-7H,(H,10,11);1-3H,(H,4,5). The minimum absolute atomic E-state index is 0.898. The smallest absolute Gasteiger partial charge is 0.328 e. The van der Waals surface area contributed by atoms with Crippen molar-refractivity contribution < 1.29 is 9.90 Å². The molecule has 1 heterocycles. The molecule has 0 saturated heterocycles. The van der Waals surface area contributed by atoms with Gasteiger partial charge >= 0.3 is 5.97 Å². The summed E-state index contributed by atoms with van der Waals surface area (Å²) in [5.74, 6) is -0.922. The van der Waals surface area contributed by atoms with Crippen LogP contribution in [0.4, 0.5) is 0 Å². The number of carboxylic acid groups (broad SMARTS) is 1. The predicted octanol–water partition coefficient (Wildman–Crippen LogP) is 2.19. The van der Waals surface area contributed by atoms with Gasteiger partial charge in [-0.05, 0) is 11.6 Å². The maximum absolute atomic E-state index is 10.1. The second kappa shape index (κ2) is 7.00. The molecular formula is C12H12N2O2. The monoisotopic (exact) mass is 216 g/mol. The molecule has 0 unspecified atom stereocenters. The Morgan fingerprint density at radius 1 is 1.31 bits per heavy atom. The molecule has 2 aromatic rings. The quantitative estimate of drug-likeness (QED) is 0.756. The summed E-state index contributed by atoms with van der Waals surface area (Å²) in [5.41, 5.74) is 0.898. The van der Waals surface area contributed by atoms with Crippen molar-refractivity contribution in [1.29, 1.82) is 0 Å². The van der Waals surface area contributed by atoms with Crippen molar-refractivity contribution in [3.63, 3.8) is 0 Å². The molecule has 16 heavy (non-hydrogen) atoms. The van der Waals surface area contributed by atoms with Crippen LogP contribution in [-0.2, 0) is 4.79 Å². The van der Waals surface area contributed by atoms with E-state index in [2.05, 4.69) is 9.97 Å². The van der Waals surface area contributed by atoms with E-state index in [1.807, 2.05) is 30.3 Å². The number of benzene rings is 1. The van der Waals surface area contributed by atoms with Crippen molar-refractivity contribution in [3.8, 4) is 0 Å². The molecular weight excluding hydrogens is 204 g/mol. The van der Waals surface area contributed by atoms with Gasteiger partial charge in [-0.2, -0.15) is 0 Å². The Labute approximate surface area is 93.3 Å². The maximum Gasteiger partial charge on any atom is 0.328 e. The lowest BCUT2D eigenvalue weighted by molar-refractivity contribution is -0.131. The number of imidazole rings is 1. The van der Waals surface area contributed by atoms with Crippen LogP contribution in [0.2, 0.25) is 0 Å². The van der Waals surface area contributed by atoms with E-state index in [-0.39, 0.29) is 0 Å². The van der Waals surface area contributed by atoms with Gasteiger partial charge in [-0.25, -0.2) is 9.78 Å². The van der Waals surface area contributed by atoms with Gasteiger partial charge in [0.15, 0.2) is 0 Å². The Kier molecular flexibility index (Phi) is 5.13. The minimum atomic E-state index is -0.922. The highest BCUT2D eigenvalue weighted by atomic mass is 16.4. The third kappa shape index (κ3) is 5.39. The first kappa shape index (κ1) is 11.7. The Morgan fingerprint density at radius 3 is 2.50 bits per heavy atom. The molecule has 0 aliphatic carbocycles. The Balaban J connectivity index is 0.000000212. The van der Waals surface area contributed by atoms with Crippen LogP contribution < -0.4 is 0 Å². The fourth-order valence-electron chi connectivity index (χ4n) is 0.947. The summed E-state index contributed by atoms with van der Waals surface area (Å²) in [5, 5.41) is 8.29. The lowest BCUT2D eigenvalue weighted by atomic mass is 10.2. The number of carboxylic acids is 1. The second-order valence-electron chi connectivity index (χ2n) is 2.84. The summed E-state index contributed by atoms with van der Waals surface area (Å²) in [4.78, 5) is 16.5. The molecule has 0 fully saturated rings. The van der Waals surface area contributed by atoms with Crippen molar-refractivity contribution in [2.45, 2.75) is 0 Å². The molecule has 1 aromatic carbocycles. The molecule has 4 heteroatoms. The fraction of sp³-hybridized carbons (Fsp3) is 0. The zero-order valence-electron chi connectivity index (χ0n) is 8.58. The second-order valence-corrected chi connectivity index (χ2v) is 2.84. The number of nitrogens with zero attached hydrogens (tertiary/aromatic N) is 1. The van der Waals surface area contributed by atoms with Crippen molar-refractivity contribution in [2.75, 3.05) is 0 Å². The number of carbonyl (C=O) groups is 1. The molecule has 82 valence electrons. The summed E-state index contributed by atoms with van der Waals surface area (Å²) < 4.78 is 0. The first-order chi connectivity index (χ1) is 7.79. The highest BCUT2D eigenvalue weighted by Gasteiger charge is 1.85. The van der Waals surface area contributed by atoms with Crippen molar-refractivity contribution in [2.24, 2.45) is 0 Å². The molecule has 2 N–H and O–H groups in total. The van der Waals surface area contributed by atoms with E-state index >= 15 is 0 Å². The van der Waals surface area contributed by atoms with Crippen molar-refractivity contribution >= 4 is 12.0 Å². The van der Waals surface area contributed by atoms with Gasteiger partial charge in [-0.15, -0.1) is 0 Å². The Hall–Kier alpha value is -2.36. The van der Waals surface area contributed by atoms with Gasteiger partial charge in [0.1, 0.15) is 0 Å². The van der Waals surface area contributed by atoms with E-state index in [1.54, 1.807) is 24.8 Å². The summed E-state index contributed by atoms with van der Waals surface area (Å²) in [6.45, 7) is 0. The first-order valence-corrected chi connectivity index (χ1v) is 4.68. The van der Waals surface area contributed by atoms with E-state index in [4.69, 9.17) is 5.11 Å². The highest BCUT2D eigenvalue weighted by Crippen LogP contribution is 1.99.